The van der Waals surface area contributed by atoms with Crippen LogP contribution in [0.2, 0.25) is 0 Å². The van der Waals surface area contributed by atoms with Gasteiger partial charge in [-0.15, -0.1) is 0 Å². The van der Waals surface area contributed by atoms with Gasteiger partial charge in [0.2, 0.25) is 5.89 Å². The smallest absolute Gasteiger partial charge is 0.240 e. The predicted octanol–water partition coefficient (Wildman–Crippen LogP) is 2.83. The van der Waals surface area contributed by atoms with Crippen molar-refractivity contribution in [2.75, 3.05) is 7.05 Å². The van der Waals surface area contributed by atoms with E-state index in [1.54, 1.807) is 12.3 Å². The van der Waals surface area contributed by atoms with Crippen LogP contribution in [-0.2, 0) is 19.5 Å². The number of aromatic nitrogens is 3. The molecule has 1 aromatic carbocycles. The molecular weight excluding hydrogens is 295 g/mol. The van der Waals surface area contributed by atoms with E-state index < -0.39 is 0 Å². The lowest BCUT2D eigenvalue weighted by Crippen LogP contribution is -2.17. The molecule has 0 amide bonds. The number of rotatable bonds is 6. The van der Waals surface area contributed by atoms with Crippen molar-refractivity contribution in [1.82, 2.24) is 20.0 Å². The minimum absolute atomic E-state index is 0.262. The third-order valence-electron chi connectivity index (χ3n) is 3.34. The molecule has 118 valence electrons. The zero-order chi connectivity index (χ0) is 16.1. The highest BCUT2D eigenvalue weighted by atomic mass is 19.1. The Morgan fingerprint density at radius 3 is 2.78 bits per heavy atom. The Bertz CT molecular complexity index is 760. The Labute approximate surface area is 133 Å². The molecule has 6 heteroatoms. The van der Waals surface area contributed by atoms with E-state index in [0.29, 0.717) is 24.7 Å². The van der Waals surface area contributed by atoms with Gasteiger partial charge in [-0.25, -0.2) is 4.39 Å². The maximum Gasteiger partial charge on any atom is 0.240 e. The van der Waals surface area contributed by atoms with Crippen LogP contribution in [0.3, 0.4) is 0 Å². The minimum Gasteiger partial charge on any atom is -0.338 e. The molecule has 0 aliphatic carbocycles. The Morgan fingerprint density at radius 2 is 2.00 bits per heavy atom. The molecule has 0 saturated heterocycles. The maximum atomic E-state index is 13.2. The summed E-state index contributed by atoms with van der Waals surface area (Å²) in [4.78, 5) is 10.5. The van der Waals surface area contributed by atoms with Gasteiger partial charge in [0.05, 0.1) is 6.54 Å². The Kier molecular flexibility index (Phi) is 4.73. The van der Waals surface area contributed by atoms with Gasteiger partial charge < -0.3 is 4.52 Å². The molecule has 0 saturated carbocycles. The van der Waals surface area contributed by atoms with E-state index in [4.69, 9.17) is 4.52 Å². The van der Waals surface area contributed by atoms with Gasteiger partial charge in [0.15, 0.2) is 5.82 Å². The van der Waals surface area contributed by atoms with E-state index >= 15 is 0 Å². The van der Waals surface area contributed by atoms with Crippen LogP contribution >= 0.6 is 0 Å². The first-order valence-corrected chi connectivity index (χ1v) is 7.32. The largest absolute Gasteiger partial charge is 0.338 e. The number of benzene rings is 1. The molecule has 0 N–H and O–H groups in total. The molecule has 0 bridgehead atoms. The topological polar surface area (TPSA) is 55.1 Å². The third-order valence-corrected chi connectivity index (χ3v) is 3.34. The summed E-state index contributed by atoms with van der Waals surface area (Å²) in [7, 11) is 1.98. The molecule has 0 fully saturated rings. The van der Waals surface area contributed by atoms with E-state index in [-0.39, 0.29) is 5.82 Å². The lowest BCUT2D eigenvalue weighted by atomic mass is 10.1. The van der Waals surface area contributed by atoms with Crippen LogP contribution in [0.25, 0.3) is 0 Å². The summed E-state index contributed by atoms with van der Waals surface area (Å²) in [6.45, 7) is 1.29. The standard InChI is InChI=1S/C17H17FN4O/c1-22(11-14-5-3-7-19-10-14)12-17-20-16(21-23-17)9-13-4-2-6-15(18)8-13/h2-8,10H,9,11-12H2,1H3. The summed E-state index contributed by atoms with van der Waals surface area (Å²) < 4.78 is 18.4. The van der Waals surface area contributed by atoms with E-state index in [2.05, 4.69) is 20.0 Å². The molecule has 0 aliphatic heterocycles. The van der Waals surface area contributed by atoms with Crippen LogP contribution < -0.4 is 0 Å². The maximum absolute atomic E-state index is 13.2. The van der Waals surface area contributed by atoms with Gasteiger partial charge in [-0.2, -0.15) is 4.98 Å². The van der Waals surface area contributed by atoms with Crippen molar-refractivity contribution in [3.63, 3.8) is 0 Å². The highest BCUT2D eigenvalue weighted by Gasteiger charge is 2.10. The zero-order valence-electron chi connectivity index (χ0n) is 12.8. The molecule has 3 rings (SSSR count). The molecular formula is C17H17FN4O. The Hall–Kier alpha value is -2.60. The first-order chi connectivity index (χ1) is 11.2. The average Bonchev–Trinajstić information content (AvgIpc) is 2.95. The van der Waals surface area contributed by atoms with Crippen LogP contribution in [-0.4, -0.2) is 27.1 Å². The molecule has 0 radical (unpaired) electrons. The summed E-state index contributed by atoms with van der Waals surface area (Å²) in [5.41, 5.74) is 1.94. The van der Waals surface area contributed by atoms with E-state index in [9.17, 15) is 4.39 Å². The van der Waals surface area contributed by atoms with E-state index in [0.717, 1.165) is 17.7 Å². The minimum atomic E-state index is -0.262. The second kappa shape index (κ2) is 7.11. The van der Waals surface area contributed by atoms with Crippen LogP contribution in [0.1, 0.15) is 22.8 Å². The van der Waals surface area contributed by atoms with Gasteiger partial charge in [0.25, 0.3) is 0 Å². The van der Waals surface area contributed by atoms with Crippen molar-refractivity contribution in [3.05, 3.63) is 77.5 Å². The first-order valence-electron chi connectivity index (χ1n) is 7.32. The van der Waals surface area contributed by atoms with Crippen molar-refractivity contribution < 1.29 is 8.91 Å². The zero-order valence-corrected chi connectivity index (χ0v) is 12.8. The molecule has 2 aromatic heterocycles. The van der Waals surface area contributed by atoms with Gasteiger partial charge in [0.1, 0.15) is 5.82 Å². The normalized spacial score (nSPS) is 11.1. The molecule has 0 unspecified atom stereocenters. The summed E-state index contributed by atoms with van der Waals surface area (Å²) in [5, 5.41) is 3.95. The van der Waals surface area contributed by atoms with Crippen molar-refractivity contribution in [2.45, 2.75) is 19.5 Å². The molecule has 0 spiro atoms. The number of nitrogens with zero attached hydrogens (tertiary/aromatic N) is 4. The van der Waals surface area contributed by atoms with Gasteiger partial charge in [-0.1, -0.05) is 23.4 Å². The van der Waals surface area contributed by atoms with E-state index in [1.807, 2.05) is 31.4 Å². The first kappa shape index (κ1) is 15.3. The Balaban J connectivity index is 1.58. The van der Waals surface area contributed by atoms with Gasteiger partial charge in [-0.05, 0) is 36.4 Å². The second-order valence-corrected chi connectivity index (χ2v) is 5.44. The van der Waals surface area contributed by atoms with Crippen molar-refractivity contribution in [2.24, 2.45) is 0 Å². The van der Waals surface area contributed by atoms with E-state index in [1.165, 1.54) is 12.1 Å². The molecule has 0 aliphatic rings. The third kappa shape index (κ3) is 4.43. The van der Waals surface area contributed by atoms with Crippen LogP contribution in [0.15, 0.2) is 53.3 Å². The fraction of sp³-hybridized carbons (Fsp3) is 0.235. The lowest BCUT2D eigenvalue weighted by Gasteiger charge is -2.13. The number of hydrogen-bond acceptors (Lipinski definition) is 5. The average molecular weight is 312 g/mol. The molecule has 23 heavy (non-hydrogen) atoms. The summed E-state index contributed by atoms with van der Waals surface area (Å²) in [6.07, 6.45) is 4.04. The highest BCUT2D eigenvalue weighted by Crippen LogP contribution is 2.10. The van der Waals surface area contributed by atoms with Crippen molar-refractivity contribution in [3.8, 4) is 0 Å². The van der Waals surface area contributed by atoms with Crippen LogP contribution in [0.4, 0.5) is 4.39 Å². The quantitative estimate of drug-likeness (QED) is 0.700. The number of hydrogen-bond donors (Lipinski definition) is 0. The number of pyridine rings is 1. The highest BCUT2D eigenvalue weighted by molar-refractivity contribution is 5.19. The molecule has 0 atom stereocenters. The van der Waals surface area contributed by atoms with Gasteiger partial charge in [-0.3, -0.25) is 9.88 Å². The van der Waals surface area contributed by atoms with Gasteiger partial charge in [0, 0.05) is 25.4 Å². The number of halogens is 1. The van der Waals surface area contributed by atoms with Crippen LogP contribution in [0, 0.1) is 5.82 Å². The van der Waals surface area contributed by atoms with Crippen molar-refractivity contribution >= 4 is 0 Å². The molecule has 3 aromatic rings. The molecule has 2 heterocycles. The fourth-order valence-electron chi connectivity index (χ4n) is 2.35. The summed E-state index contributed by atoms with van der Waals surface area (Å²) >= 11 is 0. The summed E-state index contributed by atoms with van der Waals surface area (Å²) in [5.74, 6) is 0.839. The SMILES string of the molecule is CN(Cc1cccnc1)Cc1nc(Cc2cccc(F)c2)no1. The summed E-state index contributed by atoms with van der Waals surface area (Å²) in [6, 6.07) is 10.3. The monoisotopic (exact) mass is 312 g/mol. The second-order valence-electron chi connectivity index (χ2n) is 5.44. The van der Waals surface area contributed by atoms with Gasteiger partial charge >= 0.3 is 0 Å². The lowest BCUT2D eigenvalue weighted by molar-refractivity contribution is 0.260. The van der Waals surface area contributed by atoms with Crippen LogP contribution in [0.5, 0.6) is 0 Å². The predicted molar refractivity (Wildman–Crippen MR) is 82.9 cm³/mol. The fourth-order valence-corrected chi connectivity index (χ4v) is 2.35. The Morgan fingerprint density at radius 1 is 1.13 bits per heavy atom. The molecule has 5 nitrogen and oxygen atoms in total. The van der Waals surface area contributed by atoms with Crippen molar-refractivity contribution in [1.29, 1.82) is 0 Å².